The highest BCUT2D eigenvalue weighted by Crippen LogP contribution is 2.50. The van der Waals surface area contributed by atoms with E-state index in [1.807, 2.05) is 42.5 Å². The van der Waals surface area contributed by atoms with Gasteiger partial charge in [-0.2, -0.15) is 21.0 Å². The molecule has 0 bridgehead atoms. The van der Waals surface area contributed by atoms with Gasteiger partial charge in [0.05, 0.1) is 57.6 Å². The molecule has 1 heterocycles. The van der Waals surface area contributed by atoms with Gasteiger partial charge in [-0.15, -0.1) is 0 Å². The fraction of sp³-hybridized carbons (Fsp3) is 0. The van der Waals surface area contributed by atoms with E-state index in [9.17, 15) is 21.0 Å². The third-order valence-corrected chi connectivity index (χ3v) is 8.11. The molecule has 0 fully saturated rings. The first-order valence-electron chi connectivity index (χ1n) is 12.6. The summed E-state index contributed by atoms with van der Waals surface area (Å²) in [4.78, 5) is 5.29. The molecule has 5 heteroatoms. The molecule has 7 aromatic carbocycles. The topological polar surface area (TPSA) is 108 Å². The lowest BCUT2D eigenvalue weighted by Crippen LogP contribution is -1.86. The summed E-state index contributed by atoms with van der Waals surface area (Å²) in [6.07, 6.45) is 0. The number of benzene rings is 5. The molecule has 0 spiro atoms. The van der Waals surface area contributed by atoms with E-state index in [-0.39, 0.29) is 0 Å². The molecular weight excluding hydrogens is 490 g/mol. The number of fused-ring (bicyclic) bond motifs is 6. The van der Waals surface area contributed by atoms with Crippen molar-refractivity contribution in [2.75, 3.05) is 0 Å². The minimum absolute atomic E-state index is 0.460. The van der Waals surface area contributed by atoms with Crippen LogP contribution >= 0.6 is 0 Å². The van der Waals surface area contributed by atoms with Crippen LogP contribution in [-0.2, 0) is 0 Å². The Morgan fingerprint density at radius 2 is 0.800 bits per heavy atom. The van der Waals surface area contributed by atoms with E-state index in [0.717, 1.165) is 65.3 Å². The maximum Gasteiger partial charge on any atom is 0.0998 e. The van der Waals surface area contributed by atoms with Crippen LogP contribution in [0.25, 0.3) is 76.0 Å². The molecule has 0 radical (unpaired) electrons. The van der Waals surface area contributed by atoms with Crippen LogP contribution in [0.4, 0.5) is 0 Å². The molecule has 0 saturated carbocycles. The maximum atomic E-state index is 9.90. The van der Waals surface area contributed by atoms with Crippen molar-refractivity contribution in [1.82, 2.24) is 4.98 Å². The molecular formula is C35H13N5. The number of pyridine rings is 1. The SMILES string of the molecule is N#Cc1ccc2c3nc4c5ccc(C#N)c6c(C#N)ccc(c4c(-c4ccccc4)c3c3ccc(C#N)c1c23)c65. The van der Waals surface area contributed by atoms with Crippen molar-refractivity contribution in [1.29, 1.82) is 21.0 Å². The smallest absolute Gasteiger partial charge is 0.0998 e. The van der Waals surface area contributed by atoms with Gasteiger partial charge in [0.2, 0.25) is 0 Å². The molecule has 0 N–H and O–H groups in total. The lowest BCUT2D eigenvalue weighted by Gasteiger charge is -2.09. The minimum Gasteiger partial charge on any atom is -0.246 e. The van der Waals surface area contributed by atoms with Crippen molar-refractivity contribution in [2.45, 2.75) is 0 Å². The van der Waals surface area contributed by atoms with Crippen LogP contribution in [0.15, 0.2) is 78.9 Å². The summed E-state index contributed by atoms with van der Waals surface area (Å²) in [6, 6.07) is 34.1. The van der Waals surface area contributed by atoms with Crippen molar-refractivity contribution in [3.8, 4) is 35.4 Å². The van der Waals surface area contributed by atoms with Crippen molar-refractivity contribution >= 4 is 64.9 Å². The predicted octanol–water partition coefficient (Wildman–Crippen LogP) is 8.03. The molecule has 1 aromatic heterocycles. The molecule has 0 atom stereocenters. The van der Waals surface area contributed by atoms with Gasteiger partial charge in [-0.25, -0.2) is 4.98 Å². The van der Waals surface area contributed by atoms with E-state index in [1.54, 1.807) is 24.3 Å². The molecule has 178 valence electrons. The van der Waals surface area contributed by atoms with Gasteiger partial charge in [0.25, 0.3) is 0 Å². The number of nitriles is 4. The first-order valence-corrected chi connectivity index (χ1v) is 12.6. The van der Waals surface area contributed by atoms with E-state index in [4.69, 9.17) is 4.98 Å². The third-order valence-electron chi connectivity index (χ3n) is 8.11. The van der Waals surface area contributed by atoms with Crippen molar-refractivity contribution in [3.05, 3.63) is 101 Å². The largest absolute Gasteiger partial charge is 0.246 e. The Bertz CT molecular complexity index is 2370. The Morgan fingerprint density at radius 3 is 1.20 bits per heavy atom. The second-order valence-corrected chi connectivity index (χ2v) is 9.89. The molecule has 5 nitrogen and oxygen atoms in total. The van der Waals surface area contributed by atoms with Crippen LogP contribution < -0.4 is 0 Å². The number of hydrogen-bond acceptors (Lipinski definition) is 5. The zero-order chi connectivity index (χ0) is 27.1. The van der Waals surface area contributed by atoms with Crippen LogP contribution in [0.2, 0.25) is 0 Å². The quantitative estimate of drug-likeness (QED) is 0.225. The Labute approximate surface area is 227 Å². The van der Waals surface area contributed by atoms with Crippen molar-refractivity contribution in [2.24, 2.45) is 0 Å². The molecule has 0 amide bonds. The summed E-state index contributed by atoms with van der Waals surface area (Å²) in [7, 11) is 0. The normalized spacial score (nSPS) is 11.4. The Kier molecular flexibility index (Phi) is 4.15. The summed E-state index contributed by atoms with van der Waals surface area (Å²) in [6.45, 7) is 0. The Hall–Kier alpha value is -6.27. The molecule has 0 aliphatic rings. The monoisotopic (exact) mass is 503 g/mol. The van der Waals surface area contributed by atoms with E-state index in [0.29, 0.717) is 33.0 Å². The molecule has 0 aliphatic carbocycles. The van der Waals surface area contributed by atoms with Gasteiger partial charge in [0.15, 0.2) is 0 Å². The van der Waals surface area contributed by atoms with Crippen molar-refractivity contribution in [3.63, 3.8) is 0 Å². The van der Waals surface area contributed by atoms with Gasteiger partial charge in [-0.1, -0.05) is 54.6 Å². The zero-order valence-corrected chi connectivity index (χ0v) is 20.7. The average molecular weight is 504 g/mol. The second-order valence-electron chi connectivity index (χ2n) is 9.89. The molecule has 8 aromatic rings. The highest BCUT2D eigenvalue weighted by Gasteiger charge is 2.26. The zero-order valence-electron chi connectivity index (χ0n) is 20.7. The van der Waals surface area contributed by atoms with E-state index >= 15 is 0 Å². The fourth-order valence-corrected chi connectivity index (χ4v) is 6.57. The molecule has 0 saturated heterocycles. The Balaban J connectivity index is 1.74. The molecule has 40 heavy (non-hydrogen) atoms. The van der Waals surface area contributed by atoms with Gasteiger partial charge in [-0.3, -0.25) is 0 Å². The first kappa shape index (κ1) is 21.8. The fourth-order valence-electron chi connectivity index (χ4n) is 6.57. The van der Waals surface area contributed by atoms with Gasteiger partial charge in [0, 0.05) is 48.7 Å². The van der Waals surface area contributed by atoms with Crippen LogP contribution in [0.3, 0.4) is 0 Å². The number of nitrogens with zero attached hydrogens (tertiary/aromatic N) is 5. The van der Waals surface area contributed by atoms with E-state index in [2.05, 4.69) is 36.4 Å². The number of rotatable bonds is 1. The predicted molar refractivity (Wildman–Crippen MR) is 156 cm³/mol. The van der Waals surface area contributed by atoms with E-state index in [1.165, 1.54) is 0 Å². The highest BCUT2D eigenvalue weighted by atomic mass is 14.7. The maximum absolute atomic E-state index is 9.90. The first-order chi connectivity index (χ1) is 19.7. The van der Waals surface area contributed by atoms with Crippen molar-refractivity contribution < 1.29 is 0 Å². The average Bonchev–Trinajstić information content (AvgIpc) is 3.51. The molecule has 8 rings (SSSR count). The Morgan fingerprint density at radius 1 is 0.400 bits per heavy atom. The third kappa shape index (κ3) is 2.49. The van der Waals surface area contributed by atoms with Gasteiger partial charge >= 0.3 is 0 Å². The number of aromatic nitrogens is 1. The molecule has 0 aliphatic heterocycles. The summed E-state index contributed by atoms with van der Waals surface area (Å²) in [5.74, 6) is 0. The van der Waals surface area contributed by atoms with Crippen LogP contribution in [0.1, 0.15) is 22.3 Å². The lowest BCUT2D eigenvalue weighted by molar-refractivity contribution is 1.49. The minimum atomic E-state index is 0.460. The van der Waals surface area contributed by atoms with E-state index < -0.39 is 0 Å². The summed E-state index contributed by atoms with van der Waals surface area (Å²) in [5, 5.41) is 48.2. The summed E-state index contributed by atoms with van der Waals surface area (Å²) in [5.41, 5.74) is 5.44. The standard InChI is InChI=1S/C35H13N5/c36-14-19-6-10-23-30-25(12-8-21(16-38)27(19)30)34-32(23)29(18-4-2-1-3-5-18)33-24-11-7-20(15-37)28-22(17-39)9-13-26(31(24)28)35(33)40-34/h1-13H. The van der Waals surface area contributed by atoms with Gasteiger partial charge in [0.1, 0.15) is 0 Å². The summed E-state index contributed by atoms with van der Waals surface area (Å²) < 4.78 is 0. The van der Waals surface area contributed by atoms with Crippen LogP contribution in [0, 0.1) is 45.3 Å². The molecule has 0 unspecified atom stereocenters. The van der Waals surface area contributed by atoms with Gasteiger partial charge < -0.3 is 0 Å². The second kappa shape index (κ2) is 7.63. The lowest BCUT2D eigenvalue weighted by atomic mass is 9.94. The van der Waals surface area contributed by atoms with Crippen LogP contribution in [0.5, 0.6) is 0 Å². The highest BCUT2D eigenvalue weighted by molar-refractivity contribution is 6.41. The van der Waals surface area contributed by atoms with Crippen LogP contribution in [-0.4, -0.2) is 4.98 Å². The summed E-state index contributed by atoms with van der Waals surface area (Å²) >= 11 is 0. The number of hydrogen-bond donors (Lipinski definition) is 0. The van der Waals surface area contributed by atoms with Gasteiger partial charge in [-0.05, 0) is 40.6 Å².